The van der Waals surface area contributed by atoms with E-state index in [-0.39, 0.29) is 0 Å². The zero-order valence-corrected chi connectivity index (χ0v) is 11.8. The highest BCUT2D eigenvalue weighted by molar-refractivity contribution is 9.10. The van der Waals surface area contributed by atoms with Gasteiger partial charge in [-0.3, -0.25) is 0 Å². The summed E-state index contributed by atoms with van der Waals surface area (Å²) in [5.41, 5.74) is 3.25. The van der Waals surface area contributed by atoms with Crippen LogP contribution in [-0.2, 0) is 0 Å². The lowest BCUT2D eigenvalue weighted by Gasteiger charge is -2.10. The van der Waals surface area contributed by atoms with E-state index in [1.54, 1.807) is 0 Å². The zero-order chi connectivity index (χ0) is 11.5. The van der Waals surface area contributed by atoms with Crippen LogP contribution in [0.25, 0.3) is 5.57 Å². The Balaban J connectivity index is 2.48. The first-order valence-corrected chi connectivity index (χ1v) is 6.47. The molecule has 0 aliphatic rings. The van der Waals surface area contributed by atoms with Gasteiger partial charge in [-0.1, -0.05) is 74.8 Å². The van der Waals surface area contributed by atoms with Crippen molar-refractivity contribution in [2.24, 2.45) is 0 Å². The fourth-order valence-electron chi connectivity index (χ4n) is 1.56. The first-order chi connectivity index (χ1) is 7.70. The summed E-state index contributed by atoms with van der Waals surface area (Å²) in [4.78, 5) is 0. The largest absolute Gasteiger partial charge is 0.0905 e. The molecule has 2 heteroatoms. The van der Waals surface area contributed by atoms with Gasteiger partial charge in [-0.2, -0.15) is 0 Å². The summed E-state index contributed by atoms with van der Waals surface area (Å²) in [7, 11) is 0. The predicted octanol–water partition coefficient (Wildman–Crippen LogP) is 5.27. The Kier molecular flexibility index (Phi) is 3.62. The van der Waals surface area contributed by atoms with Gasteiger partial charge in [0.05, 0.1) is 0 Å². The topological polar surface area (TPSA) is 0 Å². The van der Waals surface area contributed by atoms with Gasteiger partial charge in [0.1, 0.15) is 0 Å². The highest BCUT2D eigenvalue weighted by atomic mass is 79.9. The minimum Gasteiger partial charge on any atom is -0.0905 e. The second-order valence-corrected chi connectivity index (χ2v) is 5.15. The van der Waals surface area contributed by atoms with E-state index in [1.165, 1.54) is 0 Å². The monoisotopic (exact) mass is 336 g/mol. The Hall–Kier alpha value is -0.860. The molecule has 2 aromatic rings. The molecule has 0 aliphatic heterocycles. The molecule has 0 saturated heterocycles. The van der Waals surface area contributed by atoms with E-state index in [1.807, 2.05) is 36.4 Å². The van der Waals surface area contributed by atoms with E-state index in [4.69, 9.17) is 0 Å². The highest BCUT2D eigenvalue weighted by Crippen LogP contribution is 2.31. The van der Waals surface area contributed by atoms with E-state index in [0.717, 1.165) is 25.6 Å². The van der Waals surface area contributed by atoms with Crippen molar-refractivity contribution in [3.63, 3.8) is 0 Å². The lowest BCUT2D eigenvalue weighted by atomic mass is 10.00. The van der Waals surface area contributed by atoms with Crippen LogP contribution in [0.4, 0.5) is 0 Å². The maximum atomic E-state index is 4.16. The number of hydrogen-bond donors (Lipinski definition) is 0. The van der Waals surface area contributed by atoms with E-state index < -0.39 is 0 Å². The Morgan fingerprint density at radius 1 is 0.750 bits per heavy atom. The van der Waals surface area contributed by atoms with Gasteiger partial charge in [-0.25, -0.2) is 0 Å². The van der Waals surface area contributed by atoms with Crippen LogP contribution in [0.3, 0.4) is 0 Å². The number of benzene rings is 2. The smallest absolute Gasteiger partial charge is 0.0253 e. The summed E-state index contributed by atoms with van der Waals surface area (Å²) in [6.07, 6.45) is 0. The summed E-state index contributed by atoms with van der Waals surface area (Å²) >= 11 is 7.09. The summed E-state index contributed by atoms with van der Waals surface area (Å²) in [6.45, 7) is 4.16. The van der Waals surface area contributed by atoms with Gasteiger partial charge in [-0.15, -0.1) is 0 Å². The molecule has 2 aromatic carbocycles. The number of rotatable bonds is 2. The molecular formula is C14H10Br2. The molecule has 0 fully saturated rings. The average Bonchev–Trinajstić information content (AvgIpc) is 2.29. The van der Waals surface area contributed by atoms with Crippen LogP contribution in [0.1, 0.15) is 11.1 Å². The van der Waals surface area contributed by atoms with E-state index in [0.29, 0.717) is 0 Å². The molecule has 0 bridgehead atoms. The minimum atomic E-state index is 1.01. The lowest BCUT2D eigenvalue weighted by Crippen LogP contribution is -1.88. The molecule has 0 nitrogen and oxygen atoms in total. The van der Waals surface area contributed by atoms with Crippen LogP contribution in [0, 0.1) is 0 Å². The van der Waals surface area contributed by atoms with Crippen LogP contribution in [0.5, 0.6) is 0 Å². The van der Waals surface area contributed by atoms with Crippen LogP contribution in [0.2, 0.25) is 0 Å². The first kappa shape index (κ1) is 11.6. The van der Waals surface area contributed by atoms with Crippen LogP contribution < -0.4 is 0 Å². The SMILES string of the molecule is C=C(c1ccccc1Br)c1ccccc1Br. The fraction of sp³-hybridized carbons (Fsp3) is 0. The Morgan fingerprint density at radius 3 is 1.50 bits per heavy atom. The third kappa shape index (κ3) is 2.28. The molecule has 0 unspecified atom stereocenters. The Morgan fingerprint density at radius 2 is 1.12 bits per heavy atom. The third-order valence-electron chi connectivity index (χ3n) is 2.40. The fourth-order valence-corrected chi connectivity index (χ4v) is 2.61. The summed E-state index contributed by atoms with van der Waals surface area (Å²) in [5, 5.41) is 0. The first-order valence-electron chi connectivity index (χ1n) is 4.89. The highest BCUT2D eigenvalue weighted by Gasteiger charge is 2.08. The molecule has 0 saturated carbocycles. The van der Waals surface area contributed by atoms with Gasteiger partial charge in [0.25, 0.3) is 0 Å². The van der Waals surface area contributed by atoms with Gasteiger partial charge < -0.3 is 0 Å². The molecule has 16 heavy (non-hydrogen) atoms. The molecule has 0 aromatic heterocycles. The van der Waals surface area contributed by atoms with Crippen molar-refractivity contribution < 1.29 is 0 Å². The molecule has 2 rings (SSSR count). The summed E-state index contributed by atoms with van der Waals surface area (Å²) in [5.74, 6) is 0. The normalized spacial score (nSPS) is 10.1. The van der Waals surface area contributed by atoms with Crippen molar-refractivity contribution in [2.75, 3.05) is 0 Å². The number of halogens is 2. The Bertz CT molecular complexity index is 482. The summed E-state index contributed by atoms with van der Waals surface area (Å²) in [6, 6.07) is 16.2. The molecule has 80 valence electrons. The third-order valence-corrected chi connectivity index (χ3v) is 3.78. The second-order valence-electron chi connectivity index (χ2n) is 3.44. The second kappa shape index (κ2) is 4.98. The van der Waals surface area contributed by atoms with Crippen molar-refractivity contribution in [3.8, 4) is 0 Å². The standard InChI is InChI=1S/C14H10Br2/c1-10(11-6-2-4-8-13(11)15)12-7-3-5-9-14(12)16/h2-9H,1H2. The molecule has 0 aliphatic carbocycles. The van der Waals surface area contributed by atoms with Crippen molar-refractivity contribution in [1.29, 1.82) is 0 Å². The van der Waals surface area contributed by atoms with E-state index >= 15 is 0 Å². The van der Waals surface area contributed by atoms with E-state index in [9.17, 15) is 0 Å². The van der Waals surface area contributed by atoms with Gasteiger partial charge >= 0.3 is 0 Å². The van der Waals surface area contributed by atoms with Crippen molar-refractivity contribution in [2.45, 2.75) is 0 Å². The number of hydrogen-bond acceptors (Lipinski definition) is 0. The maximum absolute atomic E-state index is 4.16. The quantitative estimate of drug-likeness (QED) is 0.700. The molecule has 0 spiro atoms. The van der Waals surface area contributed by atoms with Crippen molar-refractivity contribution >= 4 is 37.4 Å². The molecular weight excluding hydrogens is 328 g/mol. The molecule has 0 radical (unpaired) electrons. The Labute approximate surface area is 112 Å². The lowest BCUT2D eigenvalue weighted by molar-refractivity contribution is 1.50. The van der Waals surface area contributed by atoms with Gasteiger partial charge in [0, 0.05) is 8.95 Å². The van der Waals surface area contributed by atoms with Gasteiger partial charge in [0.15, 0.2) is 0 Å². The summed E-state index contributed by atoms with van der Waals surface area (Å²) < 4.78 is 2.13. The minimum absolute atomic E-state index is 1.01. The van der Waals surface area contributed by atoms with Crippen LogP contribution >= 0.6 is 31.9 Å². The van der Waals surface area contributed by atoms with Crippen molar-refractivity contribution in [3.05, 3.63) is 75.2 Å². The van der Waals surface area contributed by atoms with Crippen LogP contribution in [-0.4, -0.2) is 0 Å². The molecule has 0 atom stereocenters. The average molecular weight is 338 g/mol. The molecule has 0 heterocycles. The zero-order valence-electron chi connectivity index (χ0n) is 8.58. The van der Waals surface area contributed by atoms with Gasteiger partial charge in [-0.05, 0) is 28.8 Å². The predicted molar refractivity (Wildman–Crippen MR) is 76.4 cm³/mol. The maximum Gasteiger partial charge on any atom is 0.0253 e. The van der Waals surface area contributed by atoms with E-state index in [2.05, 4.69) is 50.6 Å². The van der Waals surface area contributed by atoms with Crippen LogP contribution in [0.15, 0.2) is 64.1 Å². The molecule has 0 amide bonds. The molecule has 0 N–H and O–H groups in total. The van der Waals surface area contributed by atoms with Gasteiger partial charge in [0.2, 0.25) is 0 Å². The van der Waals surface area contributed by atoms with Crippen molar-refractivity contribution in [1.82, 2.24) is 0 Å².